The number of ether oxygens (including phenoxy) is 2. The van der Waals surface area contributed by atoms with Gasteiger partial charge in [0.05, 0.1) is 18.2 Å². The van der Waals surface area contributed by atoms with Gasteiger partial charge in [-0.3, -0.25) is 0 Å². The first-order valence-electron chi connectivity index (χ1n) is 12.7. The quantitative estimate of drug-likeness (QED) is 0.213. The smallest absolute Gasteiger partial charge is 0.343 e. The highest BCUT2D eigenvalue weighted by molar-refractivity contribution is 5.94. The second-order valence-electron chi connectivity index (χ2n) is 11.1. The van der Waals surface area contributed by atoms with E-state index in [0.29, 0.717) is 22.8 Å². The van der Waals surface area contributed by atoms with Crippen LogP contribution >= 0.6 is 0 Å². The van der Waals surface area contributed by atoms with E-state index in [1.165, 1.54) is 36.6 Å². The maximum atomic E-state index is 12.7. The second-order valence-corrected chi connectivity index (χ2v) is 11.1. The van der Waals surface area contributed by atoms with Crippen molar-refractivity contribution in [2.45, 2.75) is 58.8 Å². The molecule has 2 unspecified atom stereocenters. The summed E-state index contributed by atoms with van der Waals surface area (Å²) in [7, 11) is 1.33. The molecule has 1 aliphatic carbocycles. The number of rotatable bonds is 5. The number of carbonyl (C=O) groups is 2. The molecule has 0 N–H and O–H groups in total. The minimum Gasteiger partial charge on any atom is -0.465 e. The van der Waals surface area contributed by atoms with E-state index in [9.17, 15) is 9.59 Å². The minimum atomic E-state index is -0.461. The summed E-state index contributed by atoms with van der Waals surface area (Å²) in [6.45, 7) is 9.26. The Balaban J connectivity index is 1.62. The molecule has 3 aromatic carbocycles. The van der Waals surface area contributed by atoms with E-state index in [1.54, 1.807) is 24.3 Å². The highest BCUT2D eigenvalue weighted by atomic mass is 16.5. The molecule has 36 heavy (non-hydrogen) atoms. The van der Waals surface area contributed by atoms with E-state index in [4.69, 9.17) is 9.47 Å². The Morgan fingerprint density at radius 1 is 0.806 bits per heavy atom. The molecular weight excluding hydrogens is 448 g/mol. The molecule has 2 atom stereocenters. The van der Waals surface area contributed by atoms with Gasteiger partial charge in [-0.25, -0.2) is 9.59 Å². The van der Waals surface area contributed by atoms with Crippen molar-refractivity contribution in [2.75, 3.05) is 7.11 Å². The molecular formula is C32H36O4. The number of hydrogen-bond acceptors (Lipinski definition) is 4. The van der Waals surface area contributed by atoms with Crippen molar-refractivity contribution in [3.8, 4) is 5.75 Å². The van der Waals surface area contributed by atoms with Crippen molar-refractivity contribution in [1.82, 2.24) is 0 Å². The molecule has 4 rings (SSSR count). The fraction of sp³-hybridized carbons (Fsp3) is 0.375. The van der Waals surface area contributed by atoms with Crippen LogP contribution in [0.4, 0.5) is 0 Å². The maximum Gasteiger partial charge on any atom is 0.343 e. The van der Waals surface area contributed by atoms with Crippen LogP contribution in [-0.4, -0.2) is 19.0 Å². The van der Waals surface area contributed by atoms with Crippen LogP contribution in [0.2, 0.25) is 0 Å². The summed E-state index contributed by atoms with van der Waals surface area (Å²) in [6.07, 6.45) is 4.60. The summed E-state index contributed by atoms with van der Waals surface area (Å²) in [5.74, 6) is 0.208. The fourth-order valence-electron chi connectivity index (χ4n) is 5.66. The van der Waals surface area contributed by atoms with Crippen molar-refractivity contribution in [1.29, 1.82) is 0 Å². The van der Waals surface area contributed by atoms with Crippen LogP contribution in [0.5, 0.6) is 5.75 Å². The predicted octanol–water partition coefficient (Wildman–Crippen LogP) is 7.52. The van der Waals surface area contributed by atoms with Crippen molar-refractivity contribution >= 4 is 11.9 Å². The van der Waals surface area contributed by atoms with Crippen molar-refractivity contribution < 1.29 is 19.1 Å². The molecule has 0 aliphatic heterocycles. The number of esters is 2. The SMILES string of the molecule is COC(=O)c1ccc(C(=O)Oc2ccc(C3(c4ccc(C)cc4)CC(C)CCC(C)(C)C3)cc2)cc1. The first-order valence-corrected chi connectivity index (χ1v) is 12.7. The third-order valence-electron chi connectivity index (χ3n) is 7.55. The van der Waals surface area contributed by atoms with E-state index >= 15 is 0 Å². The van der Waals surface area contributed by atoms with E-state index in [1.807, 2.05) is 12.1 Å². The highest BCUT2D eigenvalue weighted by Crippen LogP contribution is 2.51. The Morgan fingerprint density at radius 3 is 1.89 bits per heavy atom. The molecule has 4 nitrogen and oxygen atoms in total. The van der Waals surface area contributed by atoms with Gasteiger partial charge in [0, 0.05) is 5.41 Å². The largest absolute Gasteiger partial charge is 0.465 e. The molecule has 0 spiro atoms. The van der Waals surface area contributed by atoms with Crippen LogP contribution in [0.1, 0.15) is 83.9 Å². The molecule has 0 amide bonds. The first kappa shape index (κ1) is 25.7. The van der Waals surface area contributed by atoms with Gasteiger partial charge >= 0.3 is 11.9 Å². The lowest BCUT2D eigenvalue weighted by molar-refractivity contribution is 0.0599. The average Bonchev–Trinajstić information content (AvgIpc) is 3.00. The standard InChI is InChI=1S/C32H36O4/c1-22-6-12-26(13-7-22)32(20-23(2)18-19-31(3,4)21-32)27-14-16-28(17-15-27)36-30(34)25-10-8-24(9-11-25)29(33)35-5/h6-17,23H,18-21H2,1-5H3. The lowest BCUT2D eigenvalue weighted by atomic mass is 9.63. The topological polar surface area (TPSA) is 52.6 Å². The Morgan fingerprint density at radius 2 is 1.33 bits per heavy atom. The highest BCUT2D eigenvalue weighted by Gasteiger charge is 2.42. The van der Waals surface area contributed by atoms with Crippen LogP contribution in [0.15, 0.2) is 72.8 Å². The molecule has 0 aromatic heterocycles. The van der Waals surface area contributed by atoms with Crippen LogP contribution in [-0.2, 0) is 10.2 Å². The Labute approximate surface area is 214 Å². The number of methoxy groups -OCH3 is 1. The van der Waals surface area contributed by atoms with E-state index in [2.05, 4.69) is 64.1 Å². The zero-order valence-corrected chi connectivity index (χ0v) is 22.0. The van der Waals surface area contributed by atoms with Gasteiger partial charge < -0.3 is 9.47 Å². The Kier molecular flexibility index (Phi) is 7.35. The van der Waals surface area contributed by atoms with Crippen molar-refractivity contribution in [3.63, 3.8) is 0 Å². The fourth-order valence-corrected chi connectivity index (χ4v) is 5.66. The number of aryl methyl sites for hydroxylation is 1. The van der Waals surface area contributed by atoms with Gasteiger partial charge in [0.1, 0.15) is 5.75 Å². The van der Waals surface area contributed by atoms with Gasteiger partial charge in [-0.15, -0.1) is 0 Å². The second kappa shape index (κ2) is 10.3. The Bertz CT molecular complexity index is 1210. The molecule has 1 aliphatic rings. The number of hydrogen-bond donors (Lipinski definition) is 0. The summed E-state index contributed by atoms with van der Waals surface area (Å²) in [4.78, 5) is 24.3. The molecule has 0 radical (unpaired) electrons. The molecule has 1 saturated carbocycles. The van der Waals surface area contributed by atoms with Crippen LogP contribution in [0.25, 0.3) is 0 Å². The van der Waals surface area contributed by atoms with Crippen LogP contribution in [0.3, 0.4) is 0 Å². The molecule has 0 heterocycles. The lowest BCUT2D eigenvalue weighted by Gasteiger charge is -2.40. The van der Waals surface area contributed by atoms with Gasteiger partial charge in [-0.1, -0.05) is 69.2 Å². The van der Waals surface area contributed by atoms with E-state index < -0.39 is 11.9 Å². The zero-order valence-electron chi connectivity index (χ0n) is 22.0. The molecule has 188 valence electrons. The van der Waals surface area contributed by atoms with Gasteiger partial charge in [0.25, 0.3) is 0 Å². The van der Waals surface area contributed by atoms with Gasteiger partial charge in [0.2, 0.25) is 0 Å². The predicted molar refractivity (Wildman–Crippen MR) is 143 cm³/mol. The normalized spacial score (nSPS) is 21.3. The summed E-state index contributed by atoms with van der Waals surface area (Å²) >= 11 is 0. The third kappa shape index (κ3) is 5.53. The summed E-state index contributed by atoms with van der Waals surface area (Å²) < 4.78 is 10.4. The van der Waals surface area contributed by atoms with Crippen molar-refractivity contribution in [3.05, 3.63) is 101 Å². The molecule has 0 saturated heterocycles. The average molecular weight is 485 g/mol. The van der Waals surface area contributed by atoms with Gasteiger partial charge in [0.15, 0.2) is 0 Å². The zero-order chi connectivity index (χ0) is 25.9. The van der Waals surface area contributed by atoms with E-state index in [-0.39, 0.29) is 10.8 Å². The maximum absolute atomic E-state index is 12.7. The molecule has 4 heteroatoms. The van der Waals surface area contributed by atoms with Crippen LogP contribution in [0, 0.1) is 18.3 Å². The van der Waals surface area contributed by atoms with Crippen LogP contribution < -0.4 is 4.74 Å². The first-order chi connectivity index (χ1) is 17.1. The minimum absolute atomic E-state index is 0.0978. The van der Waals surface area contributed by atoms with Crippen molar-refractivity contribution in [2.24, 2.45) is 11.3 Å². The van der Waals surface area contributed by atoms with Gasteiger partial charge in [-0.2, -0.15) is 0 Å². The monoisotopic (exact) mass is 484 g/mol. The Hall–Kier alpha value is -3.40. The summed E-state index contributed by atoms with van der Waals surface area (Å²) in [5.41, 5.74) is 4.76. The molecule has 0 bridgehead atoms. The lowest BCUT2D eigenvalue weighted by Crippen LogP contribution is -2.33. The number of benzene rings is 3. The number of carbonyl (C=O) groups excluding carboxylic acids is 2. The van der Waals surface area contributed by atoms with Gasteiger partial charge in [-0.05, 0) is 85.0 Å². The molecule has 3 aromatic rings. The third-order valence-corrected chi connectivity index (χ3v) is 7.55. The summed E-state index contributed by atoms with van der Waals surface area (Å²) in [6, 6.07) is 23.3. The van der Waals surface area contributed by atoms with E-state index in [0.717, 1.165) is 12.8 Å². The molecule has 1 fully saturated rings. The summed E-state index contributed by atoms with van der Waals surface area (Å²) in [5, 5.41) is 0.